The lowest BCUT2D eigenvalue weighted by Gasteiger charge is -2.34. The highest BCUT2D eigenvalue weighted by Crippen LogP contribution is 2.49. The van der Waals surface area contributed by atoms with Gasteiger partial charge in [0, 0.05) is 6.42 Å². The lowest BCUT2D eigenvalue weighted by Crippen LogP contribution is -2.57. The van der Waals surface area contributed by atoms with Gasteiger partial charge in [0.15, 0.2) is 10.1 Å². The fourth-order valence-electron chi connectivity index (χ4n) is 2.47. The first kappa shape index (κ1) is 28.7. The molecule has 0 N–H and O–H groups in total. The largest absolute Gasteiger partial charge is 0.743 e. The van der Waals surface area contributed by atoms with Crippen LogP contribution in [0.2, 0.25) is 0 Å². The van der Waals surface area contributed by atoms with Crippen LogP contribution in [-0.2, 0) is 10.1 Å². The van der Waals surface area contributed by atoms with E-state index in [2.05, 4.69) is 27.7 Å². The van der Waals surface area contributed by atoms with Crippen LogP contribution in [0.1, 0.15) is 60.3 Å². The number of unbranched alkanes of at least 4 members (excludes halogenated alkanes) is 2. The predicted octanol–water partition coefficient (Wildman–Crippen LogP) is 4.86. The van der Waals surface area contributed by atoms with Gasteiger partial charge in [0.2, 0.25) is 0 Å². The molecule has 0 aliphatic rings. The molecule has 166 valence electrons. The second kappa shape index (κ2) is 10.8. The number of hydrogen-bond donors (Lipinski definition) is 0. The maximum atomic E-state index is 12.9. The van der Waals surface area contributed by atoms with Crippen molar-refractivity contribution in [2.45, 2.75) is 77.4 Å². The van der Waals surface area contributed by atoms with E-state index in [1.165, 1.54) is 30.7 Å². The Bertz CT molecular complexity index is 505. The highest BCUT2D eigenvalue weighted by atomic mass is 32.2. The molecule has 0 amide bonds. The van der Waals surface area contributed by atoms with Crippen LogP contribution in [0.25, 0.3) is 0 Å². The molecule has 0 rings (SSSR count). The second-order valence-corrected chi connectivity index (χ2v) is 7.73. The predicted molar refractivity (Wildman–Crippen MR) is 91.1 cm³/mol. The minimum Gasteiger partial charge on any atom is -0.743 e. The first-order valence-electron chi connectivity index (χ1n) is 8.99. The normalized spacial score (nSPS) is 13.9. The number of quaternary nitrogens is 1. The number of hydrogen-bond acceptors (Lipinski definition) is 3. The van der Waals surface area contributed by atoms with Crippen molar-refractivity contribution in [1.82, 2.24) is 0 Å². The van der Waals surface area contributed by atoms with Crippen LogP contribution in [0.15, 0.2) is 0 Å². The van der Waals surface area contributed by atoms with Gasteiger partial charge in [0.1, 0.15) is 0 Å². The number of halogens is 6. The molecule has 0 radical (unpaired) electrons. The van der Waals surface area contributed by atoms with Crippen LogP contribution in [0.3, 0.4) is 0 Å². The van der Waals surface area contributed by atoms with E-state index in [4.69, 9.17) is 0 Å². The number of alkyl halides is 6. The molecule has 11 heteroatoms. The number of nitrogens with zero attached hydrogens (tertiary/aromatic N) is 1. The smallest absolute Gasteiger partial charge is 0.402 e. The molecule has 27 heavy (non-hydrogen) atoms. The minimum absolute atomic E-state index is 0.0847. The highest BCUT2D eigenvalue weighted by molar-refractivity contribution is 7.86. The molecule has 0 aromatic heterocycles. The molecule has 0 aliphatic heterocycles. The molecule has 0 atom stereocenters. The van der Waals surface area contributed by atoms with Gasteiger partial charge in [-0.25, -0.2) is 8.42 Å². The van der Waals surface area contributed by atoms with Crippen molar-refractivity contribution >= 4 is 10.1 Å². The Hall–Kier alpha value is -0.550. The Labute approximate surface area is 158 Å². The highest BCUT2D eigenvalue weighted by Gasteiger charge is 2.74. The van der Waals surface area contributed by atoms with Crippen molar-refractivity contribution in [1.29, 1.82) is 0 Å². The van der Waals surface area contributed by atoms with Crippen LogP contribution >= 0.6 is 0 Å². The van der Waals surface area contributed by atoms with Gasteiger partial charge in [0.05, 0.1) is 26.2 Å². The molecule has 0 unspecified atom stereocenters. The standard InChI is InChI=1S/C8H12F6O3S.C8H20N/c1-2-3-4-5-6(9,10)7(11,12)8(13,14)18(15,16)17;1-5-9(6-2,7-3)8-4/h2-5H2,1H3,(H,15,16,17);5-8H2,1-4H3/q;+1/p-1. The summed E-state index contributed by atoms with van der Waals surface area (Å²) in [7, 11) is -6.89. The molecule has 0 spiro atoms. The minimum atomic E-state index is -6.89. The summed E-state index contributed by atoms with van der Waals surface area (Å²) in [6, 6.07) is 0. The van der Waals surface area contributed by atoms with Crippen LogP contribution in [0.4, 0.5) is 26.3 Å². The molecule has 0 saturated carbocycles. The van der Waals surface area contributed by atoms with Crippen molar-refractivity contribution in [3.8, 4) is 0 Å². The Morgan fingerprint density at radius 1 is 0.778 bits per heavy atom. The average Bonchev–Trinajstić information content (AvgIpc) is 2.57. The molecule has 0 saturated heterocycles. The van der Waals surface area contributed by atoms with Gasteiger partial charge in [-0.1, -0.05) is 19.8 Å². The molecule has 0 aromatic rings. The third-order valence-corrected chi connectivity index (χ3v) is 5.80. The lowest BCUT2D eigenvalue weighted by molar-refractivity contribution is -0.921. The Morgan fingerprint density at radius 2 is 1.15 bits per heavy atom. The lowest BCUT2D eigenvalue weighted by atomic mass is 10.0. The zero-order valence-electron chi connectivity index (χ0n) is 16.5. The van der Waals surface area contributed by atoms with Gasteiger partial charge >= 0.3 is 17.1 Å². The van der Waals surface area contributed by atoms with E-state index < -0.39 is 40.1 Å². The summed E-state index contributed by atoms with van der Waals surface area (Å²) in [5, 5.41) is -6.35. The zero-order chi connectivity index (χ0) is 22.2. The molecule has 0 fully saturated rings. The monoisotopic (exact) mass is 431 g/mol. The summed E-state index contributed by atoms with van der Waals surface area (Å²) in [5.74, 6) is -11.5. The fraction of sp³-hybridized carbons (Fsp3) is 1.00. The SMILES string of the molecule is CCCCCC(F)(F)C(F)(F)C(F)(F)S(=O)(=O)[O-].CC[N+](CC)(CC)CC. The quantitative estimate of drug-likeness (QED) is 0.203. The fourth-order valence-corrected chi connectivity index (χ4v) is 2.93. The van der Waals surface area contributed by atoms with Crippen LogP contribution in [0.5, 0.6) is 0 Å². The van der Waals surface area contributed by atoms with Gasteiger partial charge in [0.25, 0.3) is 0 Å². The van der Waals surface area contributed by atoms with Gasteiger partial charge < -0.3 is 9.04 Å². The zero-order valence-corrected chi connectivity index (χ0v) is 17.3. The molecule has 0 aliphatic carbocycles. The van der Waals surface area contributed by atoms with E-state index in [-0.39, 0.29) is 6.42 Å². The maximum absolute atomic E-state index is 12.9. The van der Waals surface area contributed by atoms with E-state index in [1.54, 1.807) is 6.92 Å². The van der Waals surface area contributed by atoms with Crippen molar-refractivity contribution in [3.63, 3.8) is 0 Å². The third-order valence-electron chi connectivity index (χ3n) is 4.92. The summed E-state index contributed by atoms with van der Waals surface area (Å²) in [5.41, 5.74) is 0. The van der Waals surface area contributed by atoms with E-state index in [0.717, 1.165) is 0 Å². The van der Waals surface area contributed by atoms with Gasteiger partial charge in [-0.05, 0) is 34.1 Å². The summed E-state index contributed by atoms with van der Waals surface area (Å²) in [4.78, 5) is 0. The Balaban J connectivity index is 0. The van der Waals surface area contributed by atoms with Crippen molar-refractivity contribution < 1.29 is 43.8 Å². The van der Waals surface area contributed by atoms with Crippen LogP contribution < -0.4 is 0 Å². The van der Waals surface area contributed by atoms with Gasteiger partial charge in [-0.3, -0.25) is 0 Å². The summed E-state index contributed by atoms with van der Waals surface area (Å²) >= 11 is 0. The summed E-state index contributed by atoms with van der Waals surface area (Å²) in [6.07, 6.45) is -1.66. The van der Waals surface area contributed by atoms with Gasteiger partial charge in [-0.15, -0.1) is 0 Å². The molecule has 4 nitrogen and oxygen atoms in total. The molecular weight excluding hydrogens is 400 g/mol. The maximum Gasteiger partial charge on any atom is 0.402 e. The van der Waals surface area contributed by atoms with E-state index in [9.17, 15) is 39.3 Å². The van der Waals surface area contributed by atoms with Crippen molar-refractivity contribution in [2.75, 3.05) is 26.2 Å². The molecular formula is C16H31F6NO3S. The van der Waals surface area contributed by atoms with E-state index in [0.29, 0.717) is 6.42 Å². The Morgan fingerprint density at radius 3 is 1.37 bits per heavy atom. The molecule has 0 bridgehead atoms. The summed E-state index contributed by atoms with van der Waals surface area (Å²) < 4.78 is 108. The van der Waals surface area contributed by atoms with E-state index in [1.807, 2.05) is 0 Å². The van der Waals surface area contributed by atoms with E-state index >= 15 is 0 Å². The van der Waals surface area contributed by atoms with Crippen molar-refractivity contribution in [2.24, 2.45) is 0 Å². The van der Waals surface area contributed by atoms with Gasteiger partial charge in [-0.2, -0.15) is 26.3 Å². The first-order chi connectivity index (χ1) is 12.1. The molecule has 0 heterocycles. The van der Waals surface area contributed by atoms with Crippen LogP contribution in [0, 0.1) is 0 Å². The Kier molecular flexibility index (Phi) is 11.5. The first-order valence-corrected chi connectivity index (χ1v) is 10.4. The average molecular weight is 431 g/mol. The number of rotatable bonds is 11. The van der Waals surface area contributed by atoms with Crippen molar-refractivity contribution in [3.05, 3.63) is 0 Å². The third kappa shape index (κ3) is 7.08. The summed E-state index contributed by atoms with van der Waals surface area (Å²) in [6.45, 7) is 15.8. The molecule has 0 aromatic carbocycles. The second-order valence-electron chi connectivity index (χ2n) is 6.31. The topological polar surface area (TPSA) is 57.2 Å². The van der Waals surface area contributed by atoms with Crippen LogP contribution in [-0.4, -0.2) is 60.7 Å².